The fraction of sp³-hybridized carbons (Fsp3) is 0.583. The summed E-state index contributed by atoms with van der Waals surface area (Å²) in [6, 6.07) is 3.93. The van der Waals surface area contributed by atoms with Crippen molar-refractivity contribution in [2.24, 2.45) is 0 Å². The van der Waals surface area contributed by atoms with Crippen LogP contribution in [0.15, 0.2) is 16.5 Å². The molecule has 0 fully saturated rings. The Bertz CT molecular complexity index is 366. The first-order chi connectivity index (χ1) is 8.61. The molecule has 0 saturated carbocycles. The first-order valence-corrected chi connectivity index (χ1v) is 6.28. The van der Waals surface area contributed by atoms with Crippen LogP contribution in [0.4, 0.5) is 0 Å². The van der Waals surface area contributed by atoms with Crippen LogP contribution in [0, 0.1) is 0 Å². The van der Waals surface area contributed by atoms with Crippen molar-refractivity contribution in [3.05, 3.63) is 23.7 Å². The lowest BCUT2D eigenvalue weighted by atomic mass is 10.4. The van der Waals surface area contributed by atoms with E-state index in [-0.39, 0.29) is 0 Å². The first-order valence-electron chi connectivity index (χ1n) is 5.87. The topological polar surface area (TPSA) is 49.7 Å². The van der Waals surface area contributed by atoms with Crippen molar-refractivity contribution in [1.29, 1.82) is 0 Å². The van der Waals surface area contributed by atoms with Crippen LogP contribution in [0.1, 0.15) is 11.5 Å². The van der Waals surface area contributed by atoms with E-state index in [0.29, 0.717) is 24.9 Å². The molecule has 0 amide bonds. The minimum absolute atomic E-state index is 0.488. The predicted octanol–water partition coefficient (Wildman–Crippen LogP) is 0.952. The van der Waals surface area contributed by atoms with Gasteiger partial charge in [-0.2, -0.15) is 0 Å². The van der Waals surface area contributed by atoms with Crippen molar-refractivity contribution < 1.29 is 9.15 Å². The SMILES string of the molecule is CNC(=S)NCCOCc1ccc(CN(C)C)o1. The molecule has 102 valence electrons. The maximum atomic E-state index is 5.62. The predicted molar refractivity (Wildman–Crippen MR) is 75.4 cm³/mol. The second-order valence-corrected chi connectivity index (χ2v) is 4.57. The highest BCUT2D eigenvalue weighted by Crippen LogP contribution is 2.10. The Morgan fingerprint density at radius 3 is 2.78 bits per heavy atom. The van der Waals surface area contributed by atoms with Crippen LogP contribution in [0.3, 0.4) is 0 Å². The van der Waals surface area contributed by atoms with Crippen LogP contribution in [-0.2, 0) is 17.9 Å². The van der Waals surface area contributed by atoms with Crippen LogP contribution in [0.5, 0.6) is 0 Å². The average Bonchev–Trinajstić information content (AvgIpc) is 2.75. The van der Waals surface area contributed by atoms with Gasteiger partial charge in [-0.3, -0.25) is 0 Å². The average molecular weight is 271 g/mol. The Morgan fingerprint density at radius 2 is 2.11 bits per heavy atom. The standard InChI is InChI=1S/C12H21N3O2S/c1-13-12(18)14-6-7-16-9-11-5-4-10(17-11)8-15(2)3/h4-5H,6-9H2,1-3H3,(H2,13,14,18). The van der Waals surface area contributed by atoms with E-state index >= 15 is 0 Å². The Labute approximate surface area is 113 Å². The third-order valence-electron chi connectivity index (χ3n) is 2.19. The minimum atomic E-state index is 0.488. The molecule has 5 nitrogen and oxygen atoms in total. The van der Waals surface area contributed by atoms with Crippen molar-refractivity contribution in [2.75, 3.05) is 34.3 Å². The van der Waals surface area contributed by atoms with Crippen molar-refractivity contribution in [3.63, 3.8) is 0 Å². The van der Waals surface area contributed by atoms with Gasteiger partial charge in [0.25, 0.3) is 0 Å². The van der Waals surface area contributed by atoms with Gasteiger partial charge in [-0.25, -0.2) is 0 Å². The van der Waals surface area contributed by atoms with E-state index in [0.717, 1.165) is 18.1 Å². The quantitative estimate of drug-likeness (QED) is 0.569. The van der Waals surface area contributed by atoms with Gasteiger partial charge < -0.3 is 24.7 Å². The van der Waals surface area contributed by atoms with Gasteiger partial charge in [-0.05, 0) is 38.4 Å². The summed E-state index contributed by atoms with van der Waals surface area (Å²) in [5, 5.41) is 6.47. The van der Waals surface area contributed by atoms with Gasteiger partial charge in [0.05, 0.1) is 13.2 Å². The zero-order valence-corrected chi connectivity index (χ0v) is 12.0. The van der Waals surface area contributed by atoms with Crippen molar-refractivity contribution >= 4 is 17.3 Å². The third kappa shape index (κ3) is 6.00. The molecule has 0 radical (unpaired) electrons. The zero-order valence-electron chi connectivity index (χ0n) is 11.2. The number of furan rings is 1. The summed E-state index contributed by atoms with van der Waals surface area (Å²) in [6.07, 6.45) is 0. The van der Waals surface area contributed by atoms with Gasteiger partial charge in [0.1, 0.15) is 18.1 Å². The highest BCUT2D eigenvalue weighted by molar-refractivity contribution is 7.80. The number of nitrogens with one attached hydrogen (secondary N) is 2. The molecular formula is C12H21N3O2S. The molecular weight excluding hydrogens is 250 g/mol. The largest absolute Gasteiger partial charge is 0.462 e. The Balaban J connectivity index is 2.15. The molecule has 0 spiro atoms. The summed E-state index contributed by atoms with van der Waals surface area (Å²) in [7, 11) is 5.80. The normalized spacial score (nSPS) is 10.7. The van der Waals surface area contributed by atoms with Gasteiger partial charge in [0.2, 0.25) is 0 Å². The van der Waals surface area contributed by atoms with E-state index in [4.69, 9.17) is 21.4 Å². The molecule has 1 aromatic heterocycles. The summed E-state index contributed by atoms with van der Waals surface area (Å²) in [5.41, 5.74) is 0. The highest BCUT2D eigenvalue weighted by atomic mass is 32.1. The zero-order chi connectivity index (χ0) is 13.4. The molecule has 2 N–H and O–H groups in total. The first kappa shape index (κ1) is 14.9. The lowest BCUT2D eigenvalue weighted by molar-refractivity contribution is 0.109. The van der Waals surface area contributed by atoms with Crippen LogP contribution in [0.25, 0.3) is 0 Å². The van der Waals surface area contributed by atoms with E-state index in [1.54, 1.807) is 7.05 Å². The maximum Gasteiger partial charge on any atom is 0.166 e. The Kier molecular flexibility index (Phi) is 6.70. The number of ether oxygens (including phenoxy) is 1. The number of hydrogen-bond donors (Lipinski definition) is 2. The van der Waals surface area contributed by atoms with Gasteiger partial charge >= 0.3 is 0 Å². The van der Waals surface area contributed by atoms with Crippen molar-refractivity contribution in [1.82, 2.24) is 15.5 Å². The number of hydrogen-bond acceptors (Lipinski definition) is 4. The molecule has 1 aromatic rings. The van der Waals surface area contributed by atoms with Gasteiger partial charge in [-0.1, -0.05) is 0 Å². The summed E-state index contributed by atoms with van der Waals surface area (Å²) in [4.78, 5) is 2.06. The third-order valence-corrected chi connectivity index (χ3v) is 2.54. The molecule has 0 saturated heterocycles. The summed E-state index contributed by atoms with van der Waals surface area (Å²) < 4.78 is 11.1. The molecule has 1 heterocycles. The van der Waals surface area contributed by atoms with Crippen LogP contribution < -0.4 is 10.6 Å². The smallest absolute Gasteiger partial charge is 0.166 e. The lowest BCUT2D eigenvalue weighted by Gasteiger charge is -2.07. The summed E-state index contributed by atoms with van der Waals surface area (Å²) in [5.74, 6) is 1.80. The second-order valence-electron chi connectivity index (χ2n) is 4.16. The summed E-state index contributed by atoms with van der Waals surface area (Å²) in [6.45, 7) is 2.57. The van der Waals surface area contributed by atoms with Crippen molar-refractivity contribution in [2.45, 2.75) is 13.2 Å². The molecule has 0 aliphatic rings. The monoisotopic (exact) mass is 271 g/mol. The number of rotatable bonds is 7. The van der Waals surface area contributed by atoms with Crippen molar-refractivity contribution in [3.8, 4) is 0 Å². The van der Waals surface area contributed by atoms with Crippen LogP contribution >= 0.6 is 12.2 Å². The van der Waals surface area contributed by atoms with Crippen LogP contribution in [-0.4, -0.2) is 44.3 Å². The molecule has 0 unspecified atom stereocenters. The van der Waals surface area contributed by atoms with E-state index < -0.39 is 0 Å². The second kappa shape index (κ2) is 8.07. The van der Waals surface area contributed by atoms with E-state index in [1.807, 2.05) is 26.2 Å². The molecule has 6 heteroatoms. The maximum absolute atomic E-state index is 5.62. The molecule has 1 rings (SSSR count). The molecule has 0 aromatic carbocycles. The van der Waals surface area contributed by atoms with E-state index in [9.17, 15) is 0 Å². The van der Waals surface area contributed by atoms with E-state index in [1.165, 1.54) is 0 Å². The lowest BCUT2D eigenvalue weighted by Crippen LogP contribution is -2.34. The number of nitrogens with zero attached hydrogens (tertiary/aromatic N) is 1. The fourth-order valence-corrected chi connectivity index (χ4v) is 1.50. The summed E-state index contributed by atoms with van der Waals surface area (Å²) >= 11 is 4.94. The Hall–Kier alpha value is -1.11. The van der Waals surface area contributed by atoms with Gasteiger partial charge in [0, 0.05) is 13.6 Å². The molecule has 18 heavy (non-hydrogen) atoms. The van der Waals surface area contributed by atoms with Gasteiger partial charge in [-0.15, -0.1) is 0 Å². The van der Waals surface area contributed by atoms with Crippen LogP contribution in [0.2, 0.25) is 0 Å². The molecule has 0 aliphatic heterocycles. The molecule has 0 atom stereocenters. The fourth-order valence-electron chi connectivity index (χ4n) is 1.39. The molecule has 0 aliphatic carbocycles. The molecule has 0 bridgehead atoms. The van der Waals surface area contributed by atoms with E-state index in [2.05, 4.69) is 15.5 Å². The minimum Gasteiger partial charge on any atom is -0.462 e. The van der Waals surface area contributed by atoms with Gasteiger partial charge in [0.15, 0.2) is 5.11 Å². The number of thiocarbonyl (C=S) groups is 1. The highest BCUT2D eigenvalue weighted by Gasteiger charge is 2.03. The Morgan fingerprint density at radius 1 is 1.39 bits per heavy atom.